The first-order valence-corrected chi connectivity index (χ1v) is 12.3. The monoisotopic (exact) mass is 511 g/mol. The van der Waals surface area contributed by atoms with E-state index in [2.05, 4.69) is 5.32 Å². The van der Waals surface area contributed by atoms with Crippen molar-refractivity contribution in [1.29, 1.82) is 0 Å². The summed E-state index contributed by atoms with van der Waals surface area (Å²) in [7, 11) is 1.82. The number of ether oxygens (including phenoxy) is 2. The first kappa shape index (κ1) is 25.8. The van der Waals surface area contributed by atoms with Crippen LogP contribution in [-0.2, 0) is 27.9 Å². The summed E-state index contributed by atoms with van der Waals surface area (Å²) >= 11 is 5.94. The van der Waals surface area contributed by atoms with Gasteiger partial charge in [0.25, 0.3) is 11.5 Å². The van der Waals surface area contributed by atoms with Crippen molar-refractivity contribution in [3.8, 4) is 5.69 Å². The summed E-state index contributed by atoms with van der Waals surface area (Å²) in [6.45, 7) is 0.790. The van der Waals surface area contributed by atoms with Gasteiger partial charge in [-0.3, -0.25) is 14.3 Å². The zero-order valence-electron chi connectivity index (χ0n) is 20.1. The van der Waals surface area contributed by atoms with Crippen LogP contribution in [0.25, 0.3) is 5.69 Å². The number of benzene rings is 2. The van der Waals surface area contributed by atoms with E-state index in [1.165, 1.54) is 0 Å². The minimum atomic E-state index is -0.662. The average Bonchev–Trinajstić information content (AvgIpc) is 3.20. The van der Waals surface area contributed by atoms with Crippen LogP contribution in [0.4, 0.5) is 0 Å². The first-order valence-electron chi connectivity index (χ1n) is 11.9. The highest BCUT2D eigenvalue weighted by molar-refractivity contribution is 6.30. The standard InChI is InChI=1S/C27H30ClN3O5/c1-30-23(17-25(33)31(30)22-7-3-2-4-8-22)20-15-24(36-26(16-20)35-14-6-5-13-32)27(34)29-18-19-9-11-21(28)12-10-19/h2-4,7-12,15,17,20,26,32H,5-6,13-14,16,18H2,1H3,(H,29,34)/t20-,26+/m1/s1. The molecular formula is C27H30ClN3O5. The van der Waals surface area contributed by atoms with Crippen LogP contribution >= 0.6 is 11.6 Å². The van der Waals surface area contributed by atoms with E-state index in [1.807, 2.05) is 49.5 Å². The summed E-state index contributed by atoms with van der Waals surface area (Å²) in [5, 5.41) is 12.5. The van der Waals surface area contributed by atoms with Gasteiger partial charge in [-0.25, -0.2) is 4.68 Å². The minimum absolute atomic E-state index is 0.0882. The molecule has 0 bridgehead atoms. The highest BCUT2D eigenvalue weighted by Crippen LogP contribution is 2.31. The summed E-state index contributed by atoms with van der Waals surface area (Å²) in [5.74, 6) is -0.501. The number of aromatic nitrogens is 2. The van der Waals surface area contributed by atoms with Crippen LogP contribution in [-0.4, -0.2) is 39.9 Å². The van der Waals surface area contributed by atoms with Crippen molar-refractivity contribution in [2.24, 2.45) is 7.05 Å². The molecule has 2 heterocycles. The van der Waals surface area contributed by atoms with Crippen LogP contribution in [0.15, 0.2) is 77.3 Å². The summed E-state index contributed by atoms with van der Waals surface area (Å²) in [4.78, 5) is 25.9. The minimum Gasteiger partial charge on any atom is -0.459 e. The smallest absolute Gasteiger partial charge is 0.286 e. The van der Waals surface area contributed by atoms with Crippen molar-refractivity contribution < 1.29 is 19.4 Å². The van der Waals surface area contributed by atoms with Gasteiger partial charge in [-0.05, 0) is 48.7 Å². The Balaban J connectivity index is 1.57. The maximum Gasteiger partial charge on any atom is 0.286 e. The molecule has 0 saturated heterocycles. The number of carbonyl (C=O) groups is 1. The molecule has 3 aromatic rings. The lowest BCUT2D eigenvalue weighted by Crippen LogP contribution is -2.33. The molecule has 36 heavy (non-hydrogen) atoms. The number of rotatable bonds is 10. The maximum absolute atomic E-state index is 13.0. The van der Waals surface area contributed by atoms with Crippen LogP contribution in [0.5, 0.6) is 0 Å². The lowest BCUT2D eigenvalue weighted by atomic mass is 9.97. The highest BCUT2D eigenvalue weighted by atomic mass is 35.5. The summed E-state index contributed by atoms with van der Waals surface area (Å²) in [6, 6.07) is 18.2. The van der Waals surface area contributed by atoms with Gasteiger partial charge in [0.1, 0.15) is 0 Å². The topological polar surface area (TPSA) is 94.7 Å². The number of halogens is 1. The second kappa shape index (κ2) is 12.1. The number of nitrogens with zero attached hydrogens (tertiary/aromatic N) is 2. The fraction of sp³-hybridized carbons (Fsp3) is 0.333. The predicted molar refractivity (Wildman–Crippen MR) is 137 cm³/mol. The molecule has 8 nitrogen and oxygen atoms in total. The average molecular weight is 512 g/mol. The molecule has 1 aliphatic rings. The number of unbranched alkanes of at least 4 members (excludes halogenated alkanes) is 1. The second-order valence-corrected chi connectivity index (χ2v) is 9.05. The molecule has 2 N–H and O–H groups in total. The molecule has 2 aromatic carbocycles. The molecule has 0 radical (unpaired) electrons. The van der Waals surface area contributed by atoms with E-state index in [0.717, 1.165) is 16.9 Å². The largest absolute Gasteiger partial charge is 0.459 e. The molecule has 0 spiro atoms. The van der Waals surface area contributed by atoms with Crippen molar-refractivity contribution in [3.05, 3.63) is 99.1 Å². The molecule has 1 aliphatic heterocycles. The number of allylic oxidation sites excluding steroid dienone is 1. The molecular weight excluding hydrogens is 482 g/mol. The summed E-state index contributed by atoms with van der Waals surface area (Å²) < 4.78 is 15.2. The Morgan fingerprint density at radius 1 is 1.17 bits per heavy atom. The number of hydrogen-bond acceptors (Lipinski definition) is 5. The first-order chi connectivity index (χ1) is 17.5. The number of nitrogens with one attached hydrogen (secondary N) is 1. The highest BCUT2D eigenvalue weighted by Gasteiger charge is 2.31. The van der Waals surface area contributed by atoms with Crippen LogP contribution in [0, 0.1) is 0 Å². The molecule has 0 unspecified atom stereocenters. The van der Waals surface area contributed by atoms with Crippen molar-refractivity contribution >= 4 is 17.5 Å². The Morgan fingerprint density at radius 2 is 1.92 bits per heavy atom. The van der Waals surface area contributed by atoms with E-state index >= 15 is 0 Å². The number of amides is 1. The van der Waals surface area contributed by atoms with Gasteiger partial charge in [0, 0.05) is 49.3 Å². The number of aliphatic hydroxyl groups excluding tert-OH is 1. The third-order valence-corrected chi connectivity index (χ3v) is 6.29. The van der Waals surface area contributed by atoms with Gasteiger partial charge in [-0.1, -0.05) is 41.9 Å². The fourth-order valence-corrected chi connectivity index (χ4v) is 4.31. The number of carbonyl (C=O) groups excluding carboxylic acids is 1. The Morgan fingerprint density at radius 3 is 2.64 bits per heavy atom. The molecule has 4 rings (SSSR count). The summed E-state index contributed by atoms with van der Waals surface area (Å²) in [6.07, 6.45) is 2.82. The van der Waals surface area contributed by atoms with Gasteiger partial charge >= 0.3 is 0 Å². The van der Waals surface area contributed by atoms with Gasteiger partial charge in [-0.15, -0.1) is 0 Å². The van der Waals surface area contributed by atoms with Gasteiger partial charge < -0.3 is 19.9 Å². The van der Waals surface area contributed by atoms with Crippen molar-refractivity contribution in [2.45, 2.75) is 38.0 Å². The van der Waals surface area contributed by atoms with E-state index in [-0.39, 0.29) is 29.8 Å². The Bertz CT molecular complexity index is 1250. The number of para-hydroxylation sites is 1. The molecule has 0 fully saturated rings. The quantitative estimate of drug-likeness (QED) is 0.405. The van der Waals surface area contributed by atoms with Crippen molar-refractivity contribution in [2.75, 3.05) is 13.2 Å². The van der Waals surface area contributed by atoms with E-state index in [9.17, 15) is 9.59 Å². The van der Waals surface area contributed by atoms with Crippen LogP contribution in [0.2, 0.25) is 5.02 Å². The van der Waals surface area contributed by atoms with E-state index in [4.69, 9.17) is 26.2 Å². The molecule has 1 aromatic heterocycles. The summed E-state index contributed by atoms with van der Waals surface area (Å²) in [5.41, 5.74) is 2.25. The number of hydrogen-bond donors (Lipinski definition) is 2. The predicted octanol–water partition coefficient (Wildman–Crippen LogP) is 3.65. The molecule has 0 saturated carbocycles. The van der Waals surface area contributed by atoms with E-state index in [1.54, 1.807) is 33.6 Å². The normalized spacial score (nSPS) is 17.4. The van der Waals surface area contributed by atoms with E-state index < -0.39 is 6.29 Å². The molecule has 9 heteroatoms. The van der Waals surface area contributed by atoms with E-state index in [0.29, 0.717) is 37.4 Å². The van der Waals surface area contributed by atoms with Gasteiger partial charge in [0.2, 0.25) is 6.29 Å². The van der Waals surface area contributed by atoms with Crippen LogP contribution in [0.3, 0.4) is 0 Å². The van der Waals surface area contributed by atoms with Gasteiger partial charge in [-0.2, -0.15) is 0 Å². The molecule has 2 atom stereocenters. The maximum atomic E-state index is 13.0. The lowest BCUT2D eigenvalue weighted by molar-refractivity contribution is -0.146. The molecule has 1 amide bonds. The Kier molecular flexibility index (Phi) is 8.64. The third-order valence-electron chi connectivity index (χ3n) is 6.04. The SMILES string of the molecule is Cn1c([C@@H]2C=C(C(=O)NCc3ccc(Cl)cc3)O[C@H](OCCCCO)C2)cc(=O)n1-c1ccccc1. The molecule has 0 aliphatic carbocycles. The second-order valence-electron chi connectivity index (χ2n) is 8.61. The third kappa shape index (κ3) is 6.26. The Hall–Kier alpha value is -3.33. The van der Waals surface area contributed by atoms with Crippen molar-refractivity contribution in [3.63, 3.8) is 0 Å². The molecule has 190 valence electrons. The zero-order valence-corrected chi connectivity index (χ0v) is 20.9. The lowest BCUT2D eigenvalue weighted by Gasteiger charge is -2.29. The number of aliphatic hydroxyl groups is 1. The van der Waals surface area contributed by atoms with Gasteiger partial charge in [0.05, 0.1) is 12.3 Å². The Labute approximate surface area is 214 Å². The van der Waals surface area contributed by atoms with Crippen LogP contribution < -0.4 is 10.9 Å². The fourth-order valence-electron chi connectivity index (χ4n) is 4.19. The van der Waals surface area contributed by atoms with Crippen molar-refractivity contribution in [1.82, 2.24) is 14.7 Å². The zero-order chi connectivity index (χ0) is 25.5. The van der Waals surface area contributed by atoms with Gasteiger partial charge in [0.15, 0.2) is 5.76 Å². The van der Waals surface area contributed by atoms with Crippen LogP contribution in [0.1, 0.15) is 36.4 Å².